The van der Waals surface area contributed by atoms with Crippen molar-refractivity contribution in [2.75, 3.05) is 7.05 Å². The van der Waals surface area contributed by atoms with Crippen molar-refractivity contribution in [3.63, 3.8) is 0 Å². The largest absolute Gasteiger partial charge is 0.377 e. The number of nitrogens with zero attached hydrogens (tertiary/aromatic N) is 1. The molecule has 1 rings (SSSR count). The summed E-state index contributed by atoms with van der Waals surface area (Å²) in [4.78, 5) is 2.24. The van der Waals surface area contributed by atoms with Crippen LogP contribution in [0, 0.1) is 5.92 Å². The first-order valence-electron chi connectivity index (χ1n) is 3.73. The highest BCUT2D eigenvalue weighted by Crippen LogP contribution is 2.26. The summed E-state index contributed by atoms with van der Waals surface area (Å²) in [6.45, 7) is 8.24. The first-order valence-corrected chi connectivity index (χ1v) is 3.73. The Balaban J connectivity index is 2.77. The molecular weight excluding hydrogens is 122 g/mol. The second-order valence-corrected chi connectivity index (χ2v) is 3.03. The molecule has 0 aromatic carbocycles. The van der Waals surface area contributed by atoms with Crippen LogP contribution in [0.15, 0.2) is 24.4 Å². The summed E-state index contributed by atoms with van der Waals surface area (Å²) in [6, 6.07) is 0.632. The molecule has 0 fully saturated rings. The van der Waals surface area contributed by atoms with Crippen molar-refractivity contribution in [1.82, 2.24) is 4.90 Å². The molecule has 0 N–H and O–H groups in total. The van der Waals surface area contributed by atoms with Gasteiger partial charge in [-0.2, -0.15) is 0 Å². The first kappa shape index (κ1) is 7.39. The summed E-state index contributed by atoms with van der Waals surface area (Å²) in [5.41, 5.74) is 1.36. The molecule has 0 aromatic rings. The molecule has 0 radical (unpaired) electrons. The molecule has 1 aliphatic rings. The maximum absolute atomic E-state index is 3.77. The van der Waals surface area contributed by atoms with E-state index in [1.54, 1.807) is 0 Å². The maximum atomic E-state index is 3.77. The van der Waals surface area contributed by atoms with Gasteiger partial charge < -0.3 is 4.90 Å². The van der Waals surface area contributed by atoms with Gasteiger partial charge in [-0.05, 0) is 12.5 Å². The average Bonchev–Trinajstić information content (AvgIpc) is 2.17. The van der Waals surface area contributed by atoms with Crippen molar-refractivity contribution in [3.8, 4) is 0 Å². The Morgan fingerprint density at radius 3 is 2.40 bits per heavy atom. The standard InChI is InChI=1S/C9H15N/c1-5-9-6-10(4)8(3)7(9)2/h5-8H,1H2,2-4H3. The van der Waals surface area contributed by atoms with Crippen LogP contribution in [-0.2, 0) is 0 Å². The van der Waals surface area contributed by atoms with Gasteiger partial charge in [-0.25, -0.2) is 0 Å². The van der Waals surface area contributed by atoms with Crippen LogP contribution in [0.3, 0.4) is 0 Å². The van der Waals surface area contributed by atoms with Crippen LogP contribution < -0.4 is 0 Å². The molecule has 2 unspecified atom stereocenters. The van der Waals surface area contributed by atoms with Gasteiger partial charge in [-0.3, -0.25) is 0 Å². The van der Waals surface area contributed by atoms with Crippen molar-refractivity contribution in [2.45, 2.75) is 19.9 Å². The van der Waals surface area contributed by atoms with E-state index >= 15 is 0 Å². The Kier molecular flexibility index (Phi) is 1.84. The first-order chi connectivity index (χ1) is 4.66. The van der Waals surface area contributed by atoms with Gasteiger partial charge in [0.2, 0.25) is 0 Å². The van der Waals surface area contributed by atoms with Crippen molar-refractivity contribution in [1.29, 1.82) is 0 Å². The number of rotatable bonds is 1. The molecule has 0 bridgehead atoms. The predicted octanol–water partition coefficient (Wildman–Crippen LogP) is 2.03. The highest BCUT2D eigenvalue weighted by molar-refractivity contribution is 5.24. The zero-order valence-electron chi connectivity index (χ0n) is 6.96. The molecule has 2 atom stereocenters. The quantitative estimate of drug-likeness (QED) is 0.534. The molecule has 1 nitrogen and oxygen atoms in total. The van der Waals surface area contributed by atoms with Gasteiger partial charge in [-0.1, -0.05) is 19.6 Å². The molecule has 56 valence electrons. The van der Waals surface area contributed by atoms with Crippen LogP contribution in [0.4, 0.5) is 0 Å². The Morgan fingerprint density at radius 1 is 1.60 bits per heavy atom. The molecule has 1 heterocycles. The molecule has 0 spiro atoms. The monoisotopic (exact) mass is 137 g/mol. The van der Waals surface area contributed by atoms with Crippen LogP contribution in [0.2, 0.25) is 0 Å². The van der Waals surface area contributed by atoms with E-state index in [2.05, 4.69) is 38.6 Å². The lowest BCUT2D eigenvalue weighted by Gasteiger charge is -2.19. The minimum atomic E-state index is 0.632. The van der Waals surface area contributed by atoms with Crippen molar-refractivity contribution >= 4 is 0 Å². The van der Waals surface area contributed by atoms with Crippen LogP contribution in [-0.4, -0.2) is 18.0 Å². The highest BCUT2D eigenvalue weighted by Gasteiger charge is 2.23. The summed E-state index contributed by atoms with van der Waals surface area (Å²) in [6.07, 6.45) is 4.12. The molecule has 0 amide bonds. The summed E-state index contributed by atoms with van der Waals surface area (Å²) < 4.78 is 0. The topological polar surface area (TPSA) is 3.24 Å². The third-order valence-electron chi connectivity index (χ3n) is 2.48. The molecule has 0 saturated heterocycles. The van der Waals surface area contributed by atoms with Crippen LogP contribution in [0.25, 0.3) is 0 Å². The van der Waals surface area contributed by atoms with Crippen LogP contribution in [0.5, 0.6) is 0 Å². The van der Waals surface area contributed by atoms with Gasteiger partial charge in [0.15, 0.2) is 0 Å². The van der Waals surface area contributed by atoms with Gasteiger partial charge in [0.25, 0.3) is 0 Å². The normalized spacial score (nSPS) is 32.3. The van der Waals surface area contributed by atoms with Crippen LogP contribution in [0.1, 0.15) is 13.8 Å². The fourth-order valence-corrected chi connectivity index (χ4v) is 1.34. The lowest BCUT2D eigenvalue weighted by molar-refractivity contribution is 0.331. The SMILES string of the molecule is C=CC1=CN(C)C(C)C1C. The third-order valence-corrected chi connectivity index (χ3v) is 2.48. The van der Waals surface area contributed by atoms with Gasteiger partial charge >= 0.3 is 0 Å². The minimum Gasteiger partial charge on any atom is -0.377 e. The molecule has 10 heavy (non-hydrogen) atoms. The fraction of sp³-hybridized carbons (Fsp3) is 0.556. The predicted molar refractivity (Wildman–Crippen MR) is 44.7 cm³/mol. The molecular formula is C9H15N. The highest BCUT2D eigenvalue weighted by atomic mass is 15.1. The Bertz CT molecular complexity index is 170. The molecule has 1 heteroatoms. The van der Waals surface area contributed by atoms with E-state index in [9.17, 15) is 0 Å². The molecule has 0 aliphatic carbocycles. The third kappa shape index (κ3) is 0.962. The Hall–Kier alpha value is -0.720. The maximum Gasteiger partial charge on any atom is 0.0319 e. The van der Waals surface area contributed by atoms with E-state index < -0.39 is 0 Å². The van der Waals surface area contributed by atoms with Gasteiger partial charge in [0.05, 0.1) is 0 Å². The summed E-state index contributed by atoms with van der Waals surface area (Å²) in [5.74, 6) is 0.641. The van der Waals surface area contributed by atoms with Gasteiger partial charge in [0.1, 0.15) is 0 Å². The number of hydrogen-bond acceptors (Lipinski definition) is 1. The summed E-state index contributed by atoms with van der Waals surface area (Å²) in [7, 11) is 2.11. The lowest BCUT2D eigenvalue weighted by atomic mass is 9.99. The molecule has 1 aliphatic heterocycles. The zero-order valence-corrected chi connectivity index (χ0v) is 6.96. The number of allylic oxidation sites excluding steroid dienone is 1. The fourth-order valence-electron chi connectivity index (χ4n) is 1.34. The van der Waals surface area contributed by atoms with Crippen molar-refractivity contribution < 1.29 is 0 Å². The second-order valence-electron chi connectivity index (χ2n) is 3.03. The summed E-state index contributed by atoms with van der Waals surface area (Å²) in [5, 5.41) is 0. The molecule has 0 aromatic heterocycles. The van der Waals surface area contributed by atoms with Crippen LogP contribution >= 0.6 is 0 Å². The van der Waals surface area contributed by atoms with E-state index in [0.717, 1.165) is 0 Å². The van der Waals surface area contributed by atoms with E-state index in [4.69, 9.17) is 0 Å². The van der Waals surface area contributed by atoms with E-state index in [1.165, 1.54) is 5.57 Å². The van der Waals surface area contributed by atoms with Gasteiger partial charge in [-0.15, -0.1) is 0 Å². The van der Waals surface area contributed by atoms with E-state index in [-0.39, 0.29) is 0 Å². The smallest absolute Gasteiger partial charge is 0.0319 e. The minimum absolute atomic E-state index is 0.632. The van der Waals surface area contributed by atoms with Crippen molar-refractivity contribution in [3.05, 3.63) is 24.4 Å². The average molecular weight is 137 g/mol. The number of hydrogen-bond donors (Lipinski definition) is 0. The summed E-state index contributed by atoms with van der Waals surface area (Å²) >= 11 is 0. The van der Waals surface area contributed by atoms with E-state index in [1.807, 2.05) is 6.08 Å². The Morgan fingerprint density at radius 2 is 2.20 bits per heavy atom. The zero-order chi connectivity index (χ0) is 7.72. The second kappa shape index (κ2) is 2.49. The van der Waals surface area contributed by atoms with Gasteiger partial charge in [0, 0.05) is 25.2 Å². The Labute approximate surface area is 63.0 Å². The van der Waals surface area contributed by atoms with E-state index in [0.29, 0.717) is 12.0 Å². The van der Waals surface area contributed by atoms with Crippen molar-refractivity contribution in [2.24, 2.45) is 5.92 Å². The molecule has 0 saturated carbocycles. The lowest BCUT2D eigenvalue weighted by Crippen LogP contribution is -2.23.